The fourth-order valence-electron chi connectivity index (χ4n) is 2.71. The van der Waals surface area contributed by atoms with Crippen molar-refractivity contribution in [3.8, 4) is 0 Å². The second kappa shape index (κ2) is 14.7. The quantitative estimate of drug-likeness (QED) is 0.156. The number of hydrogen-bond donors (Lipinski definition) is 1. The van der Waals surface area contributed by atoms with Crippen molar-refractivity contribution in [1.82, 2.24) is 0 Å². The molecule has 5 atom stereocenters. The highest BCUT2D eigenvalue weighted by Gasteiger charge is 2.91. The van der Waals surface area contributed by atoms with Crippen LogP contribution in [-0.4, -0.2) is 115 Å². The van der Waals surface area contributed by atoms with E-state index in [0.717, 1.165) is 9.47 Å². The minimum Gasteiger partial charge on any atom is -0.390 e. The molecule has 0 unspecified atom stereocenters. The maximum absolute atomic E-state index is 14.6. The zero-order valence-electron chi connectivity index (χ0n) is 24.9. The Bertz CT molecular complexity index is 1450. The molecular formula is C18H3F35O6. The van der Waals surface area contributed by atoms with E-state index in [4.69, 9.17) is 5.11 Å². The number of hydrogen-bond acceptors (Lipinski definition) is 6. The Kier molecular flexibility index (Phi) is 14.0. The summed E-state index contributed by atoms with van der Waals surface area (Å²) in [5.41, 5.74) is 0. The molecule has 0 amide bonds. The topological polar surface area (TPSA) is 66.4 Å². The summed E-state index contributed by atoms with van der Waals surface area (Å²) in [5, 5.41) is 8.13. The van der Waals surface area contributed by atoms with Gasteiger partial charge in [-0.2, -0.15) is 154 Å². The molecule has 0 aromatic carbocycles. The predicted octanol–water partition coefficient (Wildman–Crippen LogP) is 10.4. The Morgan fingerprint density at radius 3 is 0.576 bits per heavy atom. The van der Waals surface area contributed by atoms with Gasteiger partial charge in [0.1, 0.15) is 6.61 Å². The summed E-state index contributed by atoms with van der Waals surface area (Å²) in [6, 6.07) is 0. The van der Waals surface area contributed by atoms with Crippen LogP contribution in [0, 0.1) is 0 Å². The van der Waals surface area contributed by atoms with Crippen molar-refractivity contribution < 1.29 is 182 Å². The van der Waals surface area contributed by atoms with Gasteiger partial charge < -0.3 is 5.11 Å². The number of rotatable bonds is 16. The normalized spacial score (nSPS) is 20.9. The smallest absolute Gasteiger partial charge is 0.390 e. The predicted molar refractivity (Wildman–Crippen MR) is 97.7 cm³/mol. The van der Waals surface area contributed by atoms with Crippen molar-refractivity contribution in [1.29, 1.82) is 0 Å². The molecule has 0 aliphatic carbocycles. The Balaban J connectivity index is 7.96. The number of ether oxygens (including phenoxy) is 5. The minimum absolute atomic E-state index is 0.705. The highest BCUT2D eigenvalue weighted by Crippen LogP contribution is 2.62. The monoisotopic (exact) mass is 980 g/mol. The molecule has 0 aromatic heterocycles. The van der Waals surface area contributed by atoms with E-state index in [1.54, 1.807) is 0 Å². The van der Waals surface area contributed by atoms with Crippen LogP contribution in [0.4, 0.5) is 154 Å². The van der Waals surface area contributed by atoms with Gasteiger partial charge in [-0.15, -0.1) is 0 Å². The van der Waals surface area contributed by atoms with E-state index in [-0.39, 0.29) is 0 Å². The van der Waals surface area contributed by atoms with E-state index in [9.17, 15) is 154 Å². The fourth-order valence-corrected chi connectivity index (χ4v) is 2.71. The van der Waals surface area contributed by atoms with Crippen LogP contribution in [0.25, 0.3) is 0 Å². The van der Waals surface area contributed by atoms with E-state index < -0.39 is 109 Å². The maximum atomic E-state index is 14.6. The summed E-state index contributed by atoms with van der Waals surface area (Å²) in [6.07, 6.45) is -97.2. The Hall–Kier alpha value is -2.69. The van der Waals surface area contributed by atoms with E-state index >= 15 is 0 Å². The van der Waals surface area contributed by atoms with Crippen LogP contribution in [0.2, 0.25) is 0 Å². The SMILES string of the molecule is OC[C@](F)(OC(F)(F)[C@](F)(OC(F)(F)[C@](F)(OC(F)(F)[C@](F)(OC(F)(F)[C@](F)(OC(F)(F)C(F)(F)C(F)(F)F)C(F)(F)F)C(F)(F)F)C(F)(F)F)C(F)(F)F)C(F)(F)F. The summed E-state index contributed by atoms with van der Waals surface area (Å²) in [4.78, 5) is 0. The van der Waals surface area contributed by atoms with E-state index in [0.29, 0.717) is 9.47 Å². The third-order valence-corrected chi connectivity index (χ3v) is 5.67. The first-order valence-corrected chi connectivity index (χ1v) is 12.1. The first kappa shape index (κ1) is 56.3. The third kappa shape index (κ3) is 9.40. The minimum atomic E-state index is -9.58. The molecular weight excluding hydrogens is 977 g/mol. The van der Waals surface area contributed by atoms with Gasteiger partial charge in [0.25, 0.3) is 0 Å². The average Bonchev–Trinajstić information content (AvgIpc) is 2.91. The van der Waals surface area contributed by atoms with Crippen LogP contribution in [0.5, 0.6) is 0 Å². The molecule has 0 aliphatic heterocycles. The van der Waals surface area contributed by atoms with Gasteiger partial charge in [-0.25, -0.2) is 0 Å². The Morgan fingerprint density at radius 1 is 0.237 bits per heavy atom. The second-order valence-corrected chi connectivity index (χ2v) is 9.92. The highest BCUT2D eigenvalue weighted by molar-refractivity contribution is 5.00. The van der Waals surface area contributed by atoms with Crippen molar-refractivity contribution >= 4 is 0 Å². The van der Waals surface area contributed by atoms with Crippen molar-refractivity contribution in [2.45, 2.75) is 103 Å². The summed E-state index contributed by atoms with van der Waals surface area (Å²) in [6.45, 7) is -3.90. The lowest BCUT2D eigenvalue weighted by Crippen LogP contribution is -2.73. The molecule has 0 spiro atoms. The maximum Gasteiger partial charge on any atom is 0.462 e. The van der Waals surface area contributed by atoms with Crippen LogP contribution in [0.15, 0.2) is 0 Å². The summed E-state index contributed by atoms with van der Waals surface area (Å²) >= 11 is 0. The molecule has 0 radical (unpaired) electrons. The molecule has 0 bridgehead atoms. The van der Waals surface area contributed by atoms with Crippen molar-refractivity contribution in [3.63, 3.8) is 0 Å². The number of halogens is 35. The molecule has 0 fully saturated rings. The first-order valence-electron chi connectivity index (χ1n) is 12.1. The lowest BCUT2D eigenvalue weighted by atomic mass is 10.2. The van der Waals surface area contributed by atoms with E-state index in [1.165, 1.54) is 4.74 Å². The zero-order valence-corrected chi connectivity index (χ0v) is 24.9. The van der Waals surface area contributed by atoms with Gasteiger partial charge in [0.2, 0.25) is 0 Å². The fraction of sp³-hybridized carbons (Fsp3) is 1.00. The van der Waals surface area contributed by atoms with Crippen LogP contribution in [0.1, 0.15) is 0 Å². The molecule has 0 aliphatic rings. The zero-order chi connectivity index (χ0) is 48.7. The van der Waals surface area contributed by atoms with Gasteiger partial charge in [0.15, 0.2) is 0 Å². The summed E-state index contributed by atoms with van der Waals surface area (Å²) in [7, 11) is 0. The van der Waals surface area contributed by atoms with Gasteiger partial charge in [-0.1, -0.05) is 0 Å². The molecule has 356 valence electrons. The number of aliphatic hydroxyl groups excluding tert-OH is 1. The highest BCUT2D eigenvalue weighted by atomic mass is 19.5. The van der Waals surface area contributed by atoms with Gasteiger partial charge in [-0.05, 0) is 0 Å². The van der Waals surface area contributed by atoms with Crippen molar-refractivity contribution in [3.05, 3.63) is 0 Å². The summed E-state index contributed by atoms with van der Waals surface area (Å²) in [5.74, 6) is -52.8. The molecule has 1 N–H and O–H groups in total. The lowest BCUT2D eigenvalue weighted by Gasteiger charge is -2.44. The van der Waals surface area contributed by atoms with Crippen molar-refractivity contribution in [2.75, 3.05) is 6.61 Å². The molecule has 0 saturated carbocycles. The van der Waals surface area contributed by atoms with Crippen LogP contribution in [-0.2, 0) is 23.7 Å². The second-order valence-electron chi connectivity index (χ2n) is 9.92. The number of aliphatic hydroxyl groups is 1. The third-order valence-electron chi connectivity index (χ3n) is 5.67. The summed E-state index contributed by atoms with van der Waals surface area (Å²) < 4.78 is 472. The average molecular weight is 980 g/mol. The lowest BCUT2D eigenvalue weighted by molar-refractivity contribution is -0.600. The first-order chi connectivity index (χ1) is 24.8. The largest absolute Gasteiger partial charge is 0.462 e. The van der Waals surface area contributed by atoms with Crippen LogP contribution >= 0.6 is 0 Å². The van der Waals surface area contributed by atoms with E-state index in [1.807, 2.05) is 0 Å². The van der Waals surface area contributed by atoms with Gasteiger partial charge in [0, 0.05) is 0 Å². The molecule has 59 heavy (non-hydrogen) atoms. The Morgan fingerprint density at radius 2 is 0.424 bits per heavy atom. The molecule has 0 aromatic rings. The molecule has 0 rings (SSSR count). The van der Waals surface area contributed by atoms with Gasteiger partial charge >= 0.3 is 103 Å². The van der Waals surface area contributed by atoms with E-state index in [2.05, 4.69) is 0 Å². The number of alkyl halides is 35. The van der Waals surface area contributed by atoms with Gasteiger partial charge in [0.05, 0.1) is 0 Å². The molecule has 0 saturated heterocycles. The van der Waals surface area contributed by atoms with Gasteiger partial charge in [-0.3, -0.25) is 23.7 Å². The van der Waals surface area contributed by atoms with Crippen LogP contribution < -0.4 is 0 Å². The Labute approximate surface area is 293 Å². The molecule has 0 heterocycles. The standard InChI is InChI=1S/C18H3F35O6/c19-2(1-54,8(26,27)28)55-15(46,47)4(22,10(32,33)34)57-17(50,51)6(24,12(38,39)40)59-18(52,53)7(25,13(41,42)43)58-16(48,49)5(23,11(35,36)37)56-14(44,45)3(20,21)9(29,30)31/h54H,1H2/t2-,4+,5+,6+,7+/m0/s1. The molecule has 41 heteroatoms. The van der Waals surface area contributed by atoms with Crippen LogP contribution in [0.3, 0.4) is 0 Å². The van der Waals surface area contributed by atoms with Crippen molar-refractivity contribution in [2.24, 2.45) is 0 Å². The molecule has 6 nitrogen and oxygen atoms in total.